The first kappa shape index (κ1) is 15.8. The molecular formula is C27H17N3. The van der Waals surface area contributed by atoms with Crippen LogP contribution in [0, 0.1) is 0 Å². The number of para-hydroxylation sites is 1. The van der Waals surface area contributed by atoms with Gasteiger partial charge in [0, 0.05) is 27.2 Å². The van der Waals surface area contributed by atoms with E-state index in [0.717, 1.165) is 22.2 Å². The summed E-state index contributed by atoms with van der Waals surface area (Å²) < 4.78 is 2.02. The lowest BCUT2D eigenvalue weighted by atomic mass is 9.99. The van der Waals surface area contributed by atoms with Gasteiger partial charge in [0.15, 0.2) is 0 Å². The van der Waals surface area contributed by atoms with Crippen molar-refractivity contribution in [1.82, 2.24) is 14.8 Å². The maximum atomic E-state index is 4.72. The Hall–Kier alpha value is -4.11. The molecule has 0 aliphatic heterocycles. The second-order valence-electron chi connectivity index (χ2n) is 7.84. The molecule has 30 heavy (non-hydrogen) atoms. The van der Waals surface area contributed by atoms with Gasteiger partial charge >= 0.3 is 0 Å². The second-order valence-corrected chi connectivity index (χ2v) is 7.84. The molecule has 0 spiro atoms. The number of rotatable bonds is 1. The molecule has 0 amide bonds. The van der Waals surface area contributed by atoms with Crippen molar-refractivity contribution in [2.75, 3.05) is 0 Å². The Kier molecular flexibility index (Phi) is 3.00. The summed E-state index contributed by atoms with van der Waals surface area (Å²) in [6.07, 6.45) is 1.99. The molecule has 3 nitrogen and oxygen atoms in total. The van der Waals surface area contributed by atoms with Gasteiger partial charge in [-0.25, -0.2) is 4.68 Å². The fourth-order valence-electron chi connectivity index (χ4n) is 4.78. The van der Waals surface area contributed by atoms with Gasteiger partial charge in [0.1, 0.15) is 0 Å². The first-order valence-electron chi connectivity index (χ1n) is 10.2. The molecule has 2 aromatic heterocycles. The maximum absolute atomic E-state index is 4.72. The quantitative estimate of drug-likeness (QED) is 0.305. The Labute approximate surface area is 172 Å². The van der Waals surface area contributed by atoms with Gasteiger partial charge in [0.25, 0.3) is 0 Å². The molecule has 0 radical (unpaired) electrons. The van der Waals surface area contributed by atoms with Crippen LogP contribution in [0.1, 0.15) is 0 Å². The average Bonchev–Trinajstić information content (AvgIpc) is 3.39. The van der Waals surface area contributed by atoms with E-state index in [1.807, 2.05) is 29.1 Å². The van der Waals surface area contributed by atoms with Crippen LogP contribution in [0.4, 0.5) is 0 Å². The first-order chi connectivity index (χ1) is 14.9. The Morgan fingerprint density at radius 3 is 2.37 bits per heavy atom. The third kappa shape index (κ3) is 2.06. The Bertz CT molecular complexity index is 1740. The molecule has 2 heterocycles. The van der Waals surface area contributed by atoms with Crippen LogP contribution in [0.3, 0.4) is 0 Å². The predicted molar refractivity (Wildman–Crippen MR) is 125 cm³/mol. The third-order valence-electron chi connectivity index (χ3n) is 6.18. The van der Waals surface area contributed by atoms with Crippen molar-refractivity contribution in [1.29, 1.82) is 0 Å². The number of nitrogens with one attached hydrogen (secondary N) is 1. The molecule has 0 aliphatic carbocycles. The highest BCUT2D eigenvalue weighted by Crippen LogP contribution is 2.36. The molecule has 0 saturated carbocycles. The normalized spacial score (nSPS) is 12.0. The fraction of sp³-hybridized carbons (Fsp3) is 0. The number of nitrogens with zero attached hydrogens (tertiary/aromatic N) is 2. The first-order valence-corrected chi connectivity index (χ1v) is 10.2. The van der Waals surface area contributed by atoms with Gasteiger partial charge in [-0.2, -0.15) is 5.10 Å². The van der Waals surface area contributed by atoms with Gasteiger partial charge in [0.2, 0.25) is 0 Å². The number of fused-ring (bicyclic) bond motifs is 8. The molecule has 140 valence electrons. The van der Waals surface area contributed by atoms with E-state index in [-0.39, 0.29) is 0 Å². The van der Waals surface area contributed by atoms with E-state index in [1.165, 1.54) is 37.7 Å². The van der Waals surface area contributed by atoms with Crippen molar-refractivity contribution in [3.63, 3.8) is 0 Å². The van der Waals surface area contributed by atoms with Crippen LogP contribution in [0.5, 0.6) is 0 Å². The average molecular weight is 383 g/mol. The highest BCUT2D eigenvalue weighted by Gasteiger charge is 2.14. The van der Waals surface area contributed by atoms with Crippen LogP contribution >= 0.6 is 0 Å². The zero-order valence-corrected chi connectivity index (χ0v) is 16.1. The van der Waals surface area contributed by atoms with E-state index >= 15 is 0 Å². The van der Waals surface area contributed by atoms with Gasteiger partial charge in [-0.3, -0.25) is 0 Å². The Balaban J connectivity index is 1.62. The summed E-state index contributed by atoms with van der Waals surface area (Å²) in [4.78, 5) is 3.62. The summed E-state index contributed by atoms with van der Waals surface area (Å²) >= 11 is 0. The largest absolute Gasteiger partial charge is 0.354 e. The van der Waals surface area contributed by atoms with Crippen molar-refractivity contribution < 1.29 is 0 Å². The van der Waals surface area contributed by atoms with E-state index in [2.05, 4.69) is 77.8 Å². The molecule has 7 aromatic rings. The molecule has 0 fully saturated rings. The summed E-state index contributed by atoms with van der Waals surface area (Å²) in [6, 6.07) is 32.2. The molecule has 0 aliphatic rings. The van der Waals surface area contributed by atoms with E-state index in [0.29, 0.717) is 0 Å². The zero-order valence-electron chi connectivity index (χ0n) is 16.1. The summed E-state index contributed by atoms with van der Waals surface area (Å²) in [5.41, 5.74) is 4.49. The van der Waals surface area contributed by atoms with Crippen molar-refractivity contribution in [3.05, 3.63) is 97.2 Å². The van der Waals surface area contributed by atoms with Crippen molar-refractivity contribution >= 4 is 54.3 Å². The van der Waals surface area contributed by atoms with Gasteiger partial charge in [-0.1, -0.05) is 54.6 Å². The van der Waals surface area contributed by atoms with E-state index in [1.54, 1.807) is 0 Å². The van der Waals surface area contributed by atoms with Crippen LogP contribution < -0.4 is 0 Å². The van der Waals surface area contributed by atoms with E-state index < -0.39 is 0 Å². The molecular weight excluding hydrogens is 366 g/mol. The molecule has 1 N–H and O–H groups in total. The van der Waals surface area contributed by atoms with E-state index in [4.69, 9.17) is 5.10 Å². The summed E-state index contributed by atoms with van der Waals surface area (Å²) in [5.74, 6) is 0. The predicted octanol–water partition coefficient (Wildman–Crippen LogP) is 6.97. The van der Waals surface area contributed by atoms with Crippen molar-refractivity contribution in [2.24, 2.45) is 0 Å². The number of H-pyrrole nitrogens is 1. The highest BCUT2D eigenvalue weighted by atomic mass is 15.3. The number of aromatic amines is 1. The van der Waals surface area contributed by atoms with Gasteiger partial charge < -0.3 is 4.98 Å². The molecule has 3 heteroatoms. The van der Waals surface area contributed by atoms with Crippen molar-refractivity contribution in [3.8, 4) is 5.69 Å². The molecule has 0 saturated heterocycles. The lowest BCUT2D eigenvalue weighted by Gasteiger charge is -2.05. The number of hydrogen-bond acceptors (Lipinski definition) is 1. The van der Waals surface area contributed by atoms with Crippen LogP contribution in [0.2, 0.25) is 0 Å². The summed E-state index contributed by atoms with van der Waals surface area (Å²) in [6.45, 7) is 0. The smallest absolute Gasteiger partial charge is 0.0748 e. The summed E-state index contributed by atoms with van der Waals surface area (Å²) in [7, 11) is 0. The fourth-order valence-corrected chi connectivity index (χ4v) is 4.78. The number of hydrogen-bond donors (Lipinski definition) is 1. The standard InChI is InChI=1S/C27H17N3/c1-2-7-19(8-3-1)30-26-13-12-24-27(23(26)16-28-30)22-15-21-18(14-25(22)29-24)11-10-17-6-4-5-9-20(17)21/h1-16,29H. The van der Waals surface area contributed by atoms with Crippen LogP contribution in [0.25, 0.3) is 59.9 Å². The second kappa shape index (κ2) is 5.71. The SMILES string of the molecule is c1ccc(-n2ncc3c4c(ccc32)[nH]c2cc3ccc5ccccc5c3cc24)cc1. The van der Waals surface area contributed by atoms with Gasteiger partial charge in [-0.15, -0.1) is 0 Å². The van der Waals surface area contributed by atoms with Gasteiger partial charge in [-0.05, 0) is 57.9 Å². The minimum atomic E-state index is 1.07. The van der Waals surface area contributed by atoms with Crippen LogP contribution in [0.15, 0.2) is 97.2 Å². The van der Waals surface area contributed by atoms with Crippen LogP contribution in [-0.2, 0) is 0 Å². The van der Waals surface area contributed by atoms with Crippen LogP contribution in [-0.4, -0.2) is 14.8 Å². The highest BCUT2D eigenvalue weighted by molar-refractivity contribution is 6.23. The monoisotopic (exact) mass is 383 g/mol. The lowest BCUT2D eigenvalue weighted by Crippen LogP contribution is -1.94. The minimum Gasteiger partial charge on any atom is -0.354 e. The lowest BCUT2D eigenvalue weighted by molar-refractivity contribution is 0.911. The third-order valence-corrected chi connectivity index (χ3v) is 6.18. The molecule has 0 bridgehead atoms. The van der Waals surface area contributed by atoms with E-state index in [9.17, 15) is 0 Å². The van der Waals surface area contributed by atoms with Crippen molar-refractivity contribution in [2.45, 2.75) is 0 Å². The molecule has 0 unspecified atom stereocenters. The van der Waals surface area contributed by atoms with Gasteiger partial charge in [0.05, 0.1) is 17.4 Å². The Morgan fingerprint density at radius 2 is 1.43 bits per heavy atom. The molecule has 7 rings (SSSR count). The molecule has 0 atom stereocenters. The maximum Gasteiger partial charge on any atom is 0.0748 e. The molecule has 5 aromatic carbocycles. The summed E-state index contributed by atoms with van der Waals surface area (Å²) in [5, 5.41) is 13.5. The number of benzene rings is 5. The zero-order chi connectivity index (χ0) is 19.7. The number of aromatic nitrogens is 3. The minimum absolute atomic E-state index is 1.07. The topological polar surface area (TPSA) is 33.6 Å². The Morgan fingerprint density at radius 1 is 0.600 bits per heavy atom.